The molecule has 0 unspecified atom stereocenters. The first-order valence-electron chi connectivity index (χ1n) is 5.78. The van der Waals surface area contributed by atoms with Gasteiger partial charge in [-0.1, -0.05) is 30.3 Å². The van der Waals surface area contributed by atoms with Gasteiger partial charge in [0.1, 0.15) is 5.76 Å². The molecule has 2 rings (SSSR count). The van der Waals surface area contributed by atoms with E-state index in [4.69, 9.17) is 4.42 Å². The molecule has 0 saturated heterocycles. The van der Waals surface area contributed by atoms with Crippen molar-refractivity contribution in [2.45, 2.75) is 13.0 Å². The van der Waals surface area contributed by atoms with Gasteiger partial charge in [0.15, 0.2) is 6.10 Å². The summed E-state index contributed by atoms with van der Waals surface area (Å²) in [7, 11) is 0. The highest BCUT2D eigenvalue weighted by Gasteiger charge is 2.15. The van der Waals surface area contributed by atoms with E-state index < -0.39 is 12.0 Å². The second-order valence-electron chi connectivity index (χ2n) is 4.02. The highest BCUT2D eigenvalue weighted by molar-refractivity contribution is 5.84. The normalized spacial score (nSPS) is 12.5. The van der Waals surface area contributed by atoms with E-state index in [9.17, 15) is 9.90 Å². The molecule has 5 heteroatoms. The van der Waals surface area contributed by atoms with E-state index in [0.29, 0.717) is 11.3 Å². The largest absolute Gasteiger partial charge is 0.463 e. The zero-order chi connectivity index (χ0) is 13.7. The monoisotopic (exact) mass is 258 g/mol. The first-order chi connectivity index (χ1) is 9.18. The van der Waals surface area contributed by atoms with Crippen molar-refractivity contribution in [1.29, 1.82) is 0 Å². The van der Waals surface area contributed by atoms with Crippen molar-refractivity contribution in [3.05, 3.63) is 59.5 Å². The number of hydrogen-bond donors (Lipinski definition) is 2. The molecular weight excluding hydrogens is 244 g/mol. The molecule has 2 aromatic rings. The second-order valence-corrected chi connectivity index (χ2v) is 4.02. The number of aliphatic hydroxyl groups is 1. The molecule has 1 aromatic carbocycles. The third kappa shape index (κ3) is 3.29. The maximum atomic E-state index is 11.7. The number of carbonyl (C=O) groups excluding carboxylic acids is 1. The molecule has 0 saturated carbocycles. The fourth-order valence-corrected chi connectivity index (χ4v) is 1.52. The van der Waals surface area contributed by atoms with Gasteiger partial charge in [-0.05, 0) is 24.1 Å². The van der Waals surface area contributed by atoms with Gasteiger partial charge < -0.3 is 9.52 Å². The molecule has 1 heterocycles. The van der Waals surface area contributed by atoms with Crippen LogP contribution in [0.4, 0.5) is 0 Å². The molecule has 0 aliphatic heterocycles. The number of carbonyl (C=O) groups is 1. The fraction of sp³-hybridized carbons (Fsp3) is 0.143. The van der Waals surface area contributed by atoms with Crippen molar-refractivity contribution in [3.8, 4) is 0 Å². The fourth-order valence-electron chi connectivity index (χ4n) is 1.52. The lowest BCUT2D eigenvalue weighted by atomic mass is 10.1. The van der Waals surface area contributed by atoms with Crippen LogP contribution >= 0.6 is 0 Å². The average molecular weight is 258 g/mol. The third-order valence-corrected chi connectivity index (χ3v) is 2.62. The molecule has 0 aliphatic carbocycles. The van der Waals surface area contributed by atoms with Crippen LogP contribution in [0.5, 0.6) is 0 Å². The minimum absolute atomic E-state index is 0.518. The summed E-state index contributed by atoms with van der Waals surface area (Å²) in [6, 6.07) is 10.5. The summed E-state index contributed by atoms with van der Waals surface area (Å²) in [6.07, 6.45) is 1.69. The van der Waals surface area contributed by atoms with E-state index in [1.807, 2.05) is 13.0 Å². The topological polar surface area (TPSA) is 74.8 Å². The Bertz CT molecular complexity index is 575. The number of hydrazone groups is 1. The summed E-state index contributed by atoms with van der Waals surface area (Å²) < 4.78 is 5.13. The summed E-state index contributed by atoms with van der Waals surface area (Å²) in [6.45, 7) is 1.87. The molecule has 0 spiro atoms. The number of aliphatic hydroxyl groups excluding tert-OH is 1. The number of hydrogen-bond acceptors (Lipinski definition) is 4. The predicted octanol–water partition coefficient (Wildman–Crippen LogP) is 1.77. The standard InChI is InChI=1S/C14H14N2O3/c1-10-7-8-19-12(10)9-15-16-14(18)13(17)11-5-3-2-4-6-11/h2-9,13,17H,1H3,(H,16,18)/b15-9-/t13-/m1/s1. The lowest BCUT2D eigenvalue weighted by Crippen LogP contribution is -2.25. The third-order valence-electron chi connectivity index (χ3n) is 2.62. The second kappa shape index (κ2) is 5.97. The number of nitrogens with one attached hydrogen (secondary N) is 1. The van der Waals surface area contributed by atoms with Gasteiger partial charge in [-0.3, -0.25) is 4.79 Å². The zero-order valence-corrected chi connectivity index (χ0v) is 10.4. The Kier molecular flexibility index (Phi) is 4.10. The molecule has 0 radical (unpaired) electrons. The van der Waals surface area contributed by atoms with Crippen LogP contribution in [0.1, 0.15) is 23.0 Å². The number of furan rings is 1. The van der Waals surface area contributed by atoms with E-state index in [1.54, 1.807) is 30.3 Å². The van der Waals surface area contributed by atoms with E-state index in [-0.39, 0.29) is 0 Å². The molecule has 19 heavy (non-hydrogen) atoms. The molecule has 2 N–H and O–H groups in total. The van der Waals surface area contributed by atoms with E-state index >= 15 is 0 Å². The lowest BCUT2D eigenvalue weighted by Gasteiger charge is -2.08. The first-order valence-corrected chi connectivity index (χ1v) is 5.78. The van der Waals surface area contributed by atoms with E-state index in [0.717, 1.165) is 5.56 Å². The highest BCUT2D eigenvalue weighted by Crippen LogP contribution is 2.11. The Hall–Kier alpha value is -2.40. The summed E-state index contributed by atoms with van der Waals surface area (Å²) in [5, 5.41) is 13.5. The van der Waals surface area contributed by atoms with E-state index in [2.05, 4.69) is 10.5 Å². The Morgan fingerprint density at radius 1 is 1.37 bits per heavy atom. The molecule has 1 amide bonds. The minimum Gasteiger partial charge on any atom is -0.463 e. The maximum absolute atomic E-state index is 11.7. The summed E-state index contributed by atoms with van der Waals surface area (Å²) in [5.41, 5.74) is 3.70. The van der Waals surface area contributed by atoms with Gasteiger partial charge in [0, 0.05) is 0 Å². The molecule has 1 aromatic heterocycles. The average Bonchev–Trinajstić information content (AvgIpc) is 2.84. The van der Waals surface area contributed by atoms with Crippen molar-refractivity contribution in [2.24, 2.45) is 5.10 Å². The molecule has 1 atom stereocenters. The van der Waals surface area contributed by atoms with Crippen LogP contribution in [-0.4, -0.2) is 17.2 Å². The van der Waals surface area contributed by atoms with Crippen molar-refractivity contribution in [1.82, 2.24) is 5.43 Å². The molecular formula is C14H14N2O3. The van der Waals surface area contributed by atoms with Gasteiger partial charge in [0.2, 0.25) is 0 Å². The highest BCUT2D eigenvalue weighted by atomic mass is 16.3. The smallest absolute Gasteiger partial charge is 0.273 e. The Labute approximate surface area is 110 Å². The van der Waals surface area contributed by atoms with Crippen LogP contribution in [0.2, 0.25) is 0 Å². The van der Waals surface area contributed by atoms with Crippen molar-refractivity contribution < 1.29 is 14.3 Å². The molecule has 98 valence electrons. The van der Waals surface area contributed by atoms with Crippen LogP contribution in [0.3, 0.4) is 0 Å². The number of benzene rings is 1. The maximum Gasteiger partial charge on any atom is 0.273 e. The van der Waals surface area contributed by atoms with Crippen molar-refractivity contribution in [2.75, 3.05) is 0 Å². The first kappa shape index (κ1) is 13.0. The quantitative estimate of drug-likeness (QED) is 0.648. The van der Waals surface area contributed by atoms with Crippen molar-refractivity contribution in [3.63, 3.8) is 0 Å². The number of rotatable bonds is 4. The summed E-state index contributed by atoms with van der Waals surface area (Å²) in [4.78, 5) is 11.7. The summed E-state index contributed by atoms with van der Waals surface area (Å²) in [5.74, 6) is -0.0267. The van der Waals surface area contributed by atoms with Crippen LogP contribution in [0.25, 0.3) is 0 Å². The lowest BCUT2D eigenvalue weighted by molar-refractivity contribution is -0.129. The predicted molar refractivity (Wildman–Crippen MR) is 70.6 cm³/mol. The van der Waals surface area contributed by atoms with Gasteiger partial charge in [0.25, 0.3) is 5.91 Å². The van der Waals surface area contributed by atoms with Crippen molar-refractivity contribution >= 4 is 12.1 Å². The summed E-state index contributed by atoms with van der Waals surface area (Å²) >= 11 is 0. The Morgan fingerprint density at radius 3 is 2.74 bits per heavy atom. The number of amides is 1. The van der Waals surface area contributed by atoms with Gasteiger partial charge in [0.05, 0.1) is 12.5 Å². The zero-order valence-electron chi connectivity index (χ0n) is 10.4. The molecule has 0 bridgehead atoms. The van der Waals surface area contributed by atoms with Crippen LogP contribution in [-0.2, 0) is 4.79 Å². The van der Waals surface area contributed by atoms with Crippen LogP contribution in [0, 0.1) is 6.92 Å². The minimum atomic E-state index is -1.24. The molecule has 0 aliphatic rings. The van der Waals surface area contributed by atoms with E-state index in [1.165, 1.54) is 12.5 Å². The molecule has 0 fully saturated rings. The Morgan fingerprint density at radius 2 is 2.11 bits per heavy atom. The van der Waals surface area contributed by atoms with Gasteiger partial charge >= 0.3 is 0 Å². The number of aryl methyl sites for hydroxylation is 1. The van der Waals surface area contributed by atoms with Gasteiger partial charge in [-0.15, -0.1) is 0 Å². The van der Waals surface area contributed by atoms with Crippen LogP contribution in [0.15, 0.2) is 52.2 Å². The van der Waals surface area contributed by atoms with Gasteiger partial charge in [-0.2, -0.15) is 5.10 Å². The SMILES string of the molecule is Cc1ccoc1/C=N\NC(=O)[C@H](O)c1ccccc1. The van der Waals surface area contributed by atoms with Crippen LogP contribution < -0.4 is 5.43 Å². The number of nitrogens with zero attached hydrogens (tertiary/aromatic N) is 1. The molecule has 5 nitrogen and oxygen atoms in total. The Balaban J connectivity index is 1.95. The van der Waals surface area contributed by atoms with Gasteiger partial charge in [-0.25, -0.2) is 5.43 Å².